The maximum absolute atomic E-state index is 5.66. The van der Waals surface area contributed by atoms with E-state index in [-0.39, 0.29) is 0 Å². The zero-order valence-corrected chi connectivity index (χ0v) is 24.8. The molecule has 4 nitrogen and oxygen atoms in total. The lowest BCUT2D eigenvalue weighted by atomic mass is 9.69. The minimum atomic E-state index is -0.649. The molecule has 46 heavy (non-hydrogen) atoms. The first-order chi connectivity index (χ1) is 22.8. The van der Waals surface area contributed by atoms with Gasteiger partial charge in [0.05, 0.1) is 33.2 Å². The van der Waals surface area contributed by atoms with Crippen molar-refractivity contribution in [3.63, 3.8) is 0 Å². The number of fused-ring (bicyclic) bond motifs is 9. The van der Waals surface area contributed by atoms with Crippen molar-refractivity contribution in [3.8, 4) is 22.5 Å². The summed E-state index contributed by atoms with van der Waals surface area (Å²) >= 11 is 0. The van der Waals surface area contributed by atoms with E-state index in [1.807, 2.05) is 30.5 Å². The van der Waals surface area contributed by atoms with E-state index in [1.165, 1.54) is 22.3 Å². The van der Waals surface area contributed by atoms with Crippen LogP contribution in [0, 0.1) is 0 Å². The van der Waals surface area contributed by atoms with Gasteiger partial charge in [-0.15, -0.1) is 0 Å². The molecule has 1 aliphatic rings. The van der Waals surface area contributed by atoms with E-state index in [4.69, 9.17) is 15.0 Å². The molecule has 1 aliphatic carbocycles. The number of hydrogen-bond acceptors (Lipinski definition) is 3. The molecular weight excluding hydrogens is 560 g/mol. The number of para-hydroxylation sites is 2. The summed E-state index contributed by atoms with van der Waals surface area (Å²) < 4.78 is 0. The predicted octanol–water partition coefficient (Wildman–Crippen LogP) is 9.84. The number of benzene rings is 6. The molecule has 0 aliphatic heterocycles. The Kier molecular flexibility index (Phi) is 5.17. The Morgan fingerprint density at radius 1 is 0.522 bits per heavy atom. The molecular formula is C42H26N4. The minimum absolute atomic E-state index is 0.649. The summed E-state index contributed by atoms with van der Waals surface area (Å²) in [6.07, 6.45) is 1.87. The molecule has 0 spiro atoms. The van der Waals surface area contributed by atoms with Crippen molar-refractivity contribution in [2.24, 2.45) is 0 Å². The Hall–Kier alpha value is -6.13. The SMILES string of the molecule is c1cc(-c2nc3ccccc3[nH]2)cc(C2(c3ccc4ccc5ccc6cccnc6c5c4n3)c3ccccc3-c3ccccc32)c1. The van der Waals surface area contributed by atoms with E-state index in [2.05, 4.69) is 126 Å². The van der Waals surface area contributed by atoms with Crippen LogP contribution in [0.1, 0.15) is 22.4 Å². The second-order valence-electron chi connectivity index (χ2n) is 12.1. The topological polar surface area (TPSA) is 54.5 Å². The van der Waals surface area contributed by atoms with Gasteiger partial charge in [0.2, 0.25) is 0 Å². The number of rotatable bonds is 3. The van der Waals surface area contributed by atoms with Gasteiger partial charge in [-0.05, 0) is 63.5 Å². The molecule has 0 bridgehead atoms. The van der Waals surface area contributed by atoms with Crippen LogP contribution in [0.15, 0.2) is 152 Å². The molecule has 4 heteroatoms. The fourth-order valence-electron chi connectivity index (χ4n) is 7.70. The summed E-state index contributed by atoms with van der Waals surface area (Å²) in [6.45, 7) is 0. The fourth-order valence-corrected chi connectivity index (χ4v) is 7.70. The summed E-state index contributed by atoms with van der Waals surface area (Å²) in [5, 5.41) is 4.43. The average molecular weight is 587 g/mol. The van der Waals surface area contributed by atoms with Gasteiger partial charge in [0.15, 0.2) is 0 Å². The number of pyridine rings is 2. The molecule has 0 saturated carbocycles. The van der Waals surface area contributed by atoms with Gasteiger partial charge in [-0.2, -0.15) is 0 Å². The molecule has 0 radical (unpaired) electrons. The van der Waals surface area contributed by atoms with Gasteiger partial charge in [0.1, 0.15) is 5.82 Å². The molecule has 6 aromatic carbocycles. The first-order valence-corrected chi connectivity index (χ1v) is 15.6. The van der Waals surface area contributed by atoms with Crippen molar-refractivity contribution in [1.82, 2.24) is 19.9 Å². The Bertz CT molecular complexity index is 2580. The number of imidazole rings is 1. The third-order valence-corrected chi connectivity index (χ3v) is 9.71. The lowest BCUT2D eigenvalue weighted by Gasteiger charge is -2.33. The highest BCUT2D eigenvalue weighted by Gasteiger charge is 2.47. The van der Waals surface area contributed by atoms with Crippen LogP contribution < -0.4 is 0 Å². The quantitative estimate of drug-likeness (QED) is 0.210. The van der Waals surface area contributed by atoms with Crippen molar-refractivity contribution >= 4 is 43.6 Å². The van der Waals surface area contributed by atoms with Crippen LogP contribution in [0.3, 0.4) is 0 Å². The van der Waals surface area contributed by atoms with Gasteiger partial charge in [0, 0.05) is 27.9 Å². The molecule has 0 fully saturated rings. The first kappa shape index (κ1) is 25.2. The average Bonchev–Trinajstić information content (AvgIpc) is 3.69. The third-order valence-electron chi connectivity index (χ3n) is 9.71. The summed E-state index contributed by atoms with van der Waals surface area (Å²) in [7, 11) is 0. The lowest BCUT2D eigenvalue weighted by molar-refractivity contribution is 0.740. The van der Waals surface area contributed by atoms with Crippen LogP contribution in [0.4, 0.5) is 0 Å². The van der Waals surface area contributed by atoms with Gasteiger partial charge < -0.3 is 4.98 Å². The van der Waals surface area contributed by atoms with Gasteiger partial charge >= 0.3 is 0 Å². The molecule has 9 aromatic rings. The highest BCUT2D eigenvalue weighted by molar-refractivity contribution is 6.17. The monoisotopic (exact) mass is 586 g/mol. The van der Waals surface area contributed by atoms with Crippen molar-refractivity contribution < 1.29 is 0 Å². The highest BCUT2D eigenvalue weighted by atomic mass is 14.9. The standard InChI is InChI=1S/C42H26N4/c1-3-14-33-31(12-1)32-13-2-4-15-34(32)42(33,30-11-7-9-29(25-30)41-44-35-16-5-6-17-36(35)45-41)37-23-22-28-21-19-26-18-20-27-10-8-24-43-39(27)38(26)40(28)46-37/h1-25H,(H,44,45). The number of nitrogens with zero attached hydrogens (tertiary/aromatic N) is 3. The molecule has 3 heterocycles. The minimum Gasteiger partial charge on any atom is -0.338 e. The summed E-state index contributed by atoms with van der Waals surface area (Å²) in [6, 6.07) is 51.9. The molecule has 0 amide bonds. The van der Waals surface area contributed by atoms with Crippen LogP contribution >= 0.6 is 0 Å². The Morgan fingerprint density at radius 2 is 1.22 bits per heavy atom. The van der Waals surface area contributed by atoms with E-state index in [0.717, 1.165) is 66.3 Å². The van der Waals surface area contributed by atoms with Gasteiger partial charge in [0.25, 0.3) is 0 Å². The van der Waals surface area contributed by atoms with Crippen molar-refractivity contribution in [1.29, 1.82) is 0 Å². The lowest BCUT2D eigenvalue weighted by Crippen LogP contribution is -2.29. The van der Waals surface area contributed by atoms with E-state index in [0.29, 0.717) is 0 Å². The van der Waals surface area contributed by atoms with Crippen LogP contribution in [0.25, 0.3) is 66.1 Å². The van der Waals surface area contributed by atoms with Crippen molar-refractivity contribution in [3.05, 3.63) is 174 Å². The Labute approximate surface area is 265 Å². The smallest absolute Gasteiger partial charge is 0.138 e. The molecule has 0 unspecified atom stereocenters. The summed E-state index contributed by atoms with van der Waals surface area (Å²) in [5.41, 5.74) is 11.4. The molecule has 214 valence electrons. The first-order valence-electron chi connectivity index (χ1n) is 15.6. The second kappa shape index (κ2) is 9.43. The summed E-state index contributed by atoms with van der Waals surface area (Å²) in [5.74, 6) is 0.854. The third kappa shape index (κ3) is 3.41. The van der Waals surface area contributed by atoms with Crippen LogP contribution in [-0.2, 0) is 5.41 Å². The van der Waals surface area contributed by atoms with Crippen LogP contribution in [0.5, 0.6) is 0 Å². The highest BCUT2D eigenvalue weighted by Crippen LogP contribution is 2.56. The molecule has 1 N–H and O–H groups in total. The maximum atomic E-state index is 5.66. The Balaban J connectivity index is 1.32. The van der Waals surface area contributed by atoms with Crippen molar-refractivity contribution in [2.45, 2.75) is 5.41 Å². The fraction of sp³-hybridized carbons (Fsp3) is 0.0238. The summed E-state index contributed by atoms with van der Waals surface area (Å²) in [4.78, 5) is 19.0. The molecule has 0 saturated heterocycles. The maximum Gasteiger partial charge on any atom is 0.138 e. The number of aromatic amines is 1. The number of H-pyrrole nitrogens is 1. The van der Waals surface area contributed by atoms with Gasteiger partial charge in [-0.3, -0.25) is 9.97 Å². The largest absolute Gasteiger partial charge is 0.338 e. The van der Waals surface area contributed by atoms with E-state index < -0.39 is 5.41 Å². The normalized spacial score (nSPS) is 13.4. The molecule has 0 atom stereocenters. The van der Waals surface area contributed by atoms with Crippen LogP contribution in [-0.4, -0.2) is 19.9 Å². The molecule has 3 aromatic heterocycles. The number of nitrogens with one attached hydrogen (secondary N) is 1. The van der Waals surface area contributed by atoms with E-state index in [1.54, 1.807) is 0 Å². The van der Waals surface area contributed by atoms with E-state index in [9.17, 15) is 0 Å². The Morgan fingerprint density at radius 3 is 2.02 bits per heavy atom. The van der Waals surface area contributed by atoms with Crippen LogP contribution in [0.2, 0.25) is 0 Å². The zero-order valence-electron chi connectivity index (χ0n) is 24.8. The predicted molar refractivity (Wildman–Crippen MR) is 187 cm³/mol. The van der Waals surface area contributed by atoms with Gasteiger partial charge in [-0.1, -0.05) is 115 Å². The van der Waals surface area contributed by atoms with E-state index >= 15 is 0 Å². The molecule has 10 rings (SSSR count). The van der Waals surface area contributed by atoms with Gasteiger partial charge in [-0.25, -0.2) is 4.98 Å². The zero-order chi connectivity index (χ0) is 30.2. The van der Waals surface area contributed by atoms with Crippen molar-refractivity contribution in [2.75, 3.05) is 0 Å². The number of aromatic nitrogens is 4. The second-order valence-corrected chi connectivity index (χ2v) is 12.1. The number of hydrogen-bond donors (Lipinski definition) is 1.